The lowest BCUT2D eigenvalue weighted by molar-refractivity contribution is -0.126. The Labute approximate surface area is 122 Å². The van der Waals surface area contributed by atoms with E-state index in [1.54, 1.807) is 17.5 Å². The number of aryl methyl sites for hydroxylation is 1. The van der Waals surface area contributed by atoms with Crippen LogP contribution in [0.3, 0.4) is 0 Å². The normalized spacial score (nSPS) is 19.4. The first-order valence-corrected chi connectivity index (χ1v) is 7.84. The van der Waals surface area contributed by atoms with Crippen LogP contribution in [-0.2, 0) is 17.8 Å². The highest BCUT2D eigenvalue weighted by molar-refractivity contribution is 7.09. The van der Waals surface area contributed by atoms with Crippen LogP contribution >= 0.6 is 11.3 Å². The van der Waals surface area contributed by atoms with Crippen molar-refractivity contribution in [3.8, 4) is 0 Å². The Bertz CT molecular complexity index is 578. The Hall–Kier alpha value is -1.69. The molecule has 5 nitrogen and oxygen atoms in total. The fourth-order valence-corrected chi connectivity index (χ4v) is 3.40. The number of amides is 1. The standard InChI is InChI=1S/C14H18N4OS/c1-2-12(14-16-4-6-20-14)17-13(19)10-3-5-18-9-15-8-11(18)7-10/h4,6,8-10,12H,2-3,5,7H2,1H3,(H,17,19). The number of rotatable bonds is 4. The number of carbonyl (C=O) groups is 1. The van der Waals surface area contributed by atoms with Crippen LogP contribution < -0.4 is 5.32 Å². The molecule has 106 valence electrons. The van der Waals surface area contributed by atoms with E-state index >= 15 is 0 Å². The average molecular weight is 290 g/mol. The van der Waals surface area contributed by atoms with Gasteiger partial charge in [-0.15, -0.1) is 11.3 Å². The number of carbonyl (C=O) groups excluding carboxylic acids is 1. The maximum absolute atomic E-state index is 12.4. The first-order valence-electron chi connectivity index (χ1n) is 6.96. The van der Waals surface area contributed by atoms with Crippen molar-refractivity contribution in [1.29, 1.82) is 0 Å². The second-order valence-electron chi connectivity index (χ2n) is 5.11. The molecule has 2 unspecified atom stereocenters. The molecule has 1 aliphatic heterocycles. The summed E-state index contributed by atoms with van der Waals surface area (Å²) < 4.78 is 2.13. The lowest BCUT2D eigenvalue weighted by Gasteiger charge is -2.25. The molecule has 1 N–H and O–H groups in total. The molecule has 1 aliphatic rings. The summed E-state index contributed by atoms with van der Waals surface area (Å²) in [5.41, 5.74) is 1.15. The molecule has 0 saturated heterocycles. The van der Waals surface area contributed by atoms with Gasteiger partial charge in [0.1, 0.15) is 5.01 Å². The van der Waals surface area contributed by atoms with Crippen LogP contribution in [0.2, 0.25) is 0 Å². The SMILES string of the molecule is CCC(NC(=O)C1CCn2cncc2C1)c1nccs1. The predicted octanol–water partition coefficient (Wildman–Crippen LogP) is 2.17. The third-order valence-electron chi connectivity index (χ3n) is 3.82. The molecular formula is C14H18N4OS. The highest BCUT2D eigenvalue weighted by atomic mass is 32.1. The number of thiazole rings is 1. The maximum atomic E-state index is 12.4. The number of hydrogen-bond acceptors (Lipinski definition) is 4. The van der Waals surface area contributed by atoms with E-state index in [9.17, 15) is 4.79 Å². The van der Waals surface area contributed by atoms with Crippen molar-refractivity contribution >= 4 is 17.2 Å². The van der Waals surface area contributed by atoms with E-state index in [1.165, 1.54) is 0 Å². The Kier molecular flexibility index (Phi) is 3.82. The van der Waals surface area contributed by atoms with Gasteiger partial charge in [-0.25, -0.2) is 9.97 Å². The van der Waals surface area contributed by atoms with Crippen LogP contribution in [0.4, 0.5) is 0 Å². The molecule has 0 aromatic carbocycles. The van der Waals surface area contributed by atoms with Crippen molar-refractivity contribution in [1.82, 2.24) is 19.9 Å². The van der Waals surface area contributed by atoms with Gasteiger partial charge in [0.2, 0.25) is 5.91 Å². The van der Waals surface area contributed by atoms with Gasteiger partial charge in [0.25, 0.3) is 0 Å². The van der Waals surface area contributed by atoms with E-state index in [2.05, 4.69) is 26.8 Å². The summed E-state index contributed by atoms with van der Waals surface area (Å²) in [6.45, 7) is 2.95. The zero-order valence-corrected chi connectivity index (χ0v) is 12.3. The molecule has 3 heterocycles. The first kappa shape index (κ1) is 13.3. The maximum Gasteiger partial charge on any atom is 0.224 e. The third-order valence-corrected chi connectivity index (χ3v) is 4.71. The van der Waals surface area contributed by atoms with Crippen LogP contribution in [0.5, 0.6) is 0 Å². The van der Waals surface area contributed by atoms with E-state index in [4.69, 9.17) is 0 Å². The lowest BCUT2D eigenvalue weighted by atomic mass is 9.95. The number of imidazole rings is 1. The predicted molar refractivity (Wildman–Crippen MR) is 77.3 cm³/mol. The van der Waals surface area contributed by atoms with Crippen molar-refractivity contribution < 1.29 is 4.79 Å². The molecular weight excluding hydrogens is 272 g/mol. The fraction of sp³-hybridized carbons (Fsp3) is 0.500. The molecule has 0 fully saturated rings. The highest BCUT2D eigenvalue weighted by Gasteiger charge is 2.26. The number of nitrogens with one attached hydrogen (secondary N) is 1. The fourth-order valence-electron chi connectivity index (χ4n) is 2.63. The Morgan fingerprint density at radius 3 is 3.30 bits per heavy atom. The van der Waals surface area contributed by atoms with E-state index < -0.39 is 0 Å². The van der Waals surface area contributed by atoms with Crippen LogP contribution in [0, 0.1) is 5.92 Å². The third kappa shape index (κ3) is 2.60. The number of fused-ring (bicyclic) bond motifs is 1. The monoisotopic (exact) mass is 290 g/mol. The van der Waals surface area contributed by atoms with Gasteiger partial charge in [-0.2, -0.15) is 0 Å². The van der Waals surface area contributed by atoms with Crippen LogP contribution in [-0.4, -0.2) is 20.4 Å². The van der Waals surface area contributed by atoms with Gasteiger partial charge in [0.15, 0.2) is 0 Å². The summed E-state index contributed by atoms with van der Waals surface area (Å²) >= 11 is 1.59. The van der Waals surface area contributed by atoms with Gasteiger partial charge in [-0.05, 0) is 12.8 Å². The number of aromatic nitrogens is 3. The summed E-state index contributed by atoms with van der Waals surface area (Å²) in [4.78, 5) is 20.9. The smallest absolute Gasteiger partial charge is 0.224 e. The molecule has 0 bridgehead atoms. The topological polar surface area (TPSA) is 59.8 Å². The molecule has 2 aromatic rings. The van der Waals surface area contributed by atoms with Gasteiger partial charge < -0.3 is 9.88 Å². The Balaban J connectivity index is 1.65. The van der Waals surface area contributed by atoms with Gasteiger partial charge in [-0.3, -0.25) is 4.79 Å². The summed E-state index contributed by atoms with van der Waals surface area (Å²) in [5.74, 6) is 0.188. The molecule has 0 aliphatic carbocycles. The van der Waals surface area contributed by atoms with Crippen molar-refractivity contribution in [2.24, 2.45) is 5.92 Å². The second kappa shape index (κ2) is 5.75. The summed E-state index contributed by atoms with van der Waals surface area (Å²) in [6.07, 6.45) is 8.01. The van der Waals surface area contributed by atoms with Gasteiger partial charge in [0, 0.05) is 42.4 Å². The first-order chi connectivity index (χ1) is 9.78. The molecule has 1 amide bonds. The molecule has 20 heavy (non-hydrogen) atoms. The molecule has 6 heteroatoms. The van der Waals surface area contributed by atoms with Gasteiger partial charge >= 0.3 is 0 Å². The van der Waals surface area contributed by atoms with Crippen LogP contribution in [0.25, 0.3) is 0 Å². The van der Waals surface area contributed by atoms with E-state index in [-0.39, 0.29) is 17.9 Å². The molecule has 3 rings (SSSR count). The minimum atomic E-state index is 0.0364. The molecule has 0 radical (unpaired) electrons. The molecule has 2 atom stereocenters. The van der Waals surface area contributed by atoms with Gasteiger partial charge in [0.05, 0.1) is 12.4 Å². The van der Waals surface area contributed by atoms with Crippen LogP contribution in [0.15, 0.2) is 24.1 Å². The van der Waals surface area contributed by atoms with E-state index in [0.29, 0.717) is 0 Å². The quantitative estimate of drug-likeness (QED) is 0.938. The largest absolute Gasteiger partial charge is 0.347 e. The highest BCUT2D eigenvalue weighted by Crippen LogP contribution is 2.23. The average Bonchev–Trinajstić information content (AvgIpc) is 3.14. The van der Waals surface area contributed by atoms with Crippen LogP contribution in [0.1, 0.15) is 36.5 Å². The minimum Gasteiger partial charge on any atom is -0.347 e. The zero-order chi connectivity index (χ0) is 13.9. The number of hydrogen-bond donors (Lipinski definition) is 1. The Morgan fingerprint density at radius 1 is 1.65 bits per heavy atom. The van der Waals surface area contributed by atoms with Crippen molar-refractivity contribution in [3.05, 3.63) is 34.8 Å². The minimum absolute atomic E-state index is 0.0364. The second-order valence-corrected chi connectivity index (χ2v) is 6.03. The Morgan fingerprint density at radius 2 is 2.55 bits per heavy atom. The molecule has 0 saturated carbocycles. The molecule has 2 aromatic heterocycles. The lowest BCUT2D eigenvalue weighted by Crippen LogP contribution is -2.37. The number of nitrogens with zero attached hydrogens (tertiary/aromatic N) is 3. The van der Waals surface area contributed by atoms with E-state index in [0.717, 1.165) is 36.5 Å². The summed E-state index contributed by atoms with van der Waals surface area (Å²) in [5, 5.41) is 6.08. The van der Waals surface area contributed by atoms with Crippen molar-refractivity contribution in [2.75, 3.05) is 0 Å². The molecule has 0 spiro atoms. The zero-order valence-electron chi connectivity index (χ0n) is 11.5. The van der Waals surface area contributed by atoms with Crippen molar-refractivity contribution in [3.63, 3.8) is 0 Å². The summed E-state index contributed by atoms with van der Waals surface area (Å²) in [7, 11) is 0. The van der Waals surface area contributed by atoms with Crippen molar-refractivity contribution in [2.45, 2.75) is 38.8 Å². The summed E-state index contributed by atoms with van der Waals surface area (Å²) in [6, 6.07) is 0.0364. The van der Waals surface area contributed by atoms with E-state index in [1.807, 2.05) is 17.9 Å². The van der Waals surface area contributed by atoms with Gasteiger partial charge in [-0.1, -0.05) is 6.92 Å².